The van der Waals surface area contributed by atoms with Crippen molar-refractivity contribution < 1.29 is 14.3 Å². The molecule has 0 bridgehead atoms. The lowest BCUT2D eigenvalue weighted by atomic mass is 10.1. The summed E-state index contributed by atoms with van der Waals surface area (Å²) in [5.41, 5.74) is 0.631. The third kappa shape index (κ3) is 3.22. The Bertz CT molecular complexity index is 628. The van der Waals surface area contributed by atoms with E-state index in [0.717, 1.165) is 0 Å². The maximum absolute atomic E-state index is 12.1. The van der Waals surface area contributed by atoms with Gasteiger partial charge in [0, 0.05) is 11.8 Å². The highest BCUT2D eigenvalue weighted by molar-refractivity contribution is 6.32. The molecule has 20 heavy (non-hydrogen) atoms. The predicted molar refractivity (Wildman–Crippen MR) is 74.9 cm³/mol. The van der Waals surface area contributed by atoms with Gasteiger partial charge in [0.1, 0.15) is 5.15 Å². The summed E-state index contributed by atoms with van der Waals surface area (Å²) >= 11 is 5.80. The third-order valence-corrected chi connectivity index (χ3v) is 2.99. The van der Waals surface area contributed by atoms with E-state index in [4.69, 9.17) is 16.3 Å². The molecule has 1 unspecified atom stereocenters. The van der Waals surface area contributed by atoms with Crippen molar-refractivity contribution in [1.82, 2.24) is 4.98 Å². The summed E-state index contributed by atoms with van der Waals surface area (Å²) in [5, 5.41) is 0.0526. The molecule has 2 rings (SSSR count). The minimum absolute atomic E-state index is 0.0526. The number of nitrogens with zero attached hydrogens (tertiary/aromatic N) is 1. The maximum atomic E-state index is 12.1. The van der Waals surface area contributed by atoms with Gasteiger partial charge in [-0.2, -0.15) is 0 Å². The number of carbonyl (C=O) groups excluding carboxylic acids is 2. The molecule has 2 aromatic rings. The van der Waals surface area contributed by atoms with Crippen molar-refractivity contribution in [3.8, 4) is 0 Å². The van der Waals surface area contributed by atoms with Gasteiger partial charge in [-0.15, -0.1) is 0 Å². The fourth-order valence-corrected chi connectivity index (χ4v) is 1.85. The summed E-state index contributed by atoms with van der Waals surface area (Å²) in [6.45, 7) is 1.53. The summed E-state index contributed by atoms with van der Waals surface area (Å²) in [5.74, 6) is -0.932. The molecule has 0 fully saturated rings. The number of Topliss-reactive ketones (excluding diaryl/α,β-unsaturated/α-hetero) is 1. The molecule has 0 saturated heterocycles. The van der Waals surface area contributed by atoms with Gasteiger partial charge in [0.2, 0.25) is 5.78 Å². The first-order valence-corrected chi connectivity index (χ1v) is 6.38. The van der Waals surface area contributed by atoms with Crippen LogP contribution in [0, 0.1) is 0 Å². The zero-order valence-electron chi connectivity index (χ0n) is 10.7. The van der Waals surface area contributed by atoms with Crippen molar-refractivity contribution in [3.05, 3.63) is 64.9 Å². The number of hydrogen-bond donors (Lipinski definition) is 0. The number of halogens is 1. The van der Waals surface area contributed by atoms with Crippen LogP contribution >= 0.6 is 11.6 Å². The second kappa shape index (κ2) is 6.30. The molecule has 0 saturated carbocycles. The lowest BCUT2D eigenvalue weighted by Gasteiger charge is -2.12. The van der Waals surface area contributed by atoms with Crippen molar-refractivity contribution in [2.24, 2.45) is 0 Å². The maximum Gasteiger partial charge on any atom is 0.341 e. The van der Waals surface area contributed by atoms with Gasteiger partial charge in [0.25, 0.3) is 0 Å². The standard InChI is InChI=1S/C15H12ClNO3/c1-10(13(18)11-6-3-2-4-7-11)20-15(19)12-8-5-9-17-14(12)16/h2-10H,1H3. The first-order chi connectivity index (χ1) is 9.59. The molecule has 0 N–H and O–H groups in total. The van der Waals surface area contributed by atoms with E-state index >= 15 is 0 Å². The Morgan fingerprint density at radius 1 is 1.15 bits per heavy atom. The van der Waals surface area contributed by atoms with Crippen LogP contribution in [-0.2, 0) is 4.74 Å². The zero-order chi connectivity index (χ0) is 14.5. The summed E-state index contributed by atoms with van der Waals surface area (Å²) < 4.78 is 5.12. The minimum atomic E-state index is -0.888. The van der Waals surface area contributed by atoms with E-state index in [9.17, 15) is 9.59 Å². The summed E-state index contributed by atoms with van der Waals surface area (Å²) in [7, 11) is 0. The van der Waals surface area contributed by atoms with Gasteiger partial charge >= 0.3 is 5.97 Å². The van der Waals surface area contributed by atoms with Crippen LogP contribution < -0.4 is 0 Å². The number of esters is 1. The molecule has 0 spiro atoms. The van der Waals surface area contributed by atoms with Gasteiger partial charge in [0.15, 0.2) is 6.10 Å². The van der Waals surface area contributed by atoms with Gasteiger partial charge in [-0.3, -0.25) is 4.79 Å². The minimum Gasteiger partial charge on any atom is -0.451 e. The second-order valence-electron chi connectivity index (χ2n) is 4.12. The van der Waals surface area contributed by atoms with Crippen LogP contribution in [0.2, 0.25) is 5.15 Å². The van der Waals surface area contributed by atoms with Crippen molar-refractivity contribution >= 4 is 23.4 Å². The highest BCUT2D eigenvalue weighted by atomic mass is 35.5. The number of benzene rings is 1. The normalized spacial score (nSPS) is 11.7. The van der Waals surface area contributed by atoms with E-state index in [-0.39, 0.29) is 16.5 Å². The molecule has 0 aliphatic heterocycles. The molecular formula is C15H12ClNO3. The van der Waals surface area contributed by atoms with Crippen molar-refractivity contribution in [3.63, 3.8) is 0 Å². The summed E-state index contributed by atoms with van der Waals surface area (Å²) in [6, 6.07) is 11.7. The highest BCUT2D eigenvalue weighted by Gasteiger charge is 2.21. The van der Waals surface area contributed by atoms with Crippen LogP contribution in [0.3, 0.4) is 0 Å². The van der Waals surface area contributed by atoms with Crippen LogP contribution in [0.25, 0.3) is 0 Å². The Morgan fingerprint density at radius 2 is 1.85 bits per heavy atom. The molecule has 4 nitrogen and oxygen atoms in total. The van der Waals surface area contributed by atoms with E-state index in [1.807, 2.05) is 6.07 Å². The molecule has 102 valence electrons. The molecule has 0 radical (unpaired) electrons. The average molecular weight is 290 g/mol. The van der Waals surface area contributed by atoms with E-state index in [1.54, 1.807) is 30.3 Å². The molecule has 5 heteroatoms. The summed E-state index contributed by atoms with van der Waals surface area (Å²) in [4.78, 5) is 27.8. The first-order valence-electron chi connectivity index (χ1n) is 6.00. The Morgan fingerprint density at radius 3 is 2.50 bits per heavy atom. The van der Waals surface area contributed by atoms with Crippen molar-refractivity contribution in [2.45, 2.75) is 13.0 Å². The Labute approximate surface area is 121 Å². The Balaban J connectivity index is 2.09. The van der Waals surface area contributed by atoms with Crippen LogP contribution in [0.15, 0.2) is 48.7 Å². The summed E-state index contributed by atoms with van der Waals surface area (Å²) in [6.07, 6.45) is 0.582. The number of rotatable bonds is 4. The van der Waals surface area contributed by atoms with Gasteiger partial charge in [0.05, 0.1) is 5.56 Å². The number of ether oxygens (including phenoxy) is 1. The number of aromatic nitrogens is 1. The van der Waals surface area contributed by atoms with Gasteiger partial charge < -0.3 is 4.74 Å². The van der Waals surface area contributed by atoms with Crippen LogP contribution in [0.4, 0.5) is 0 Å². The number of pyridine rings is 1. The van der Waals surface area contributed by atoms with E-state index in [0.29, 0.717) is 5.56 Å². The SMILES string of the molecule is CC(OC(=O)c1cccnc1Cl)C(=O)c1ccccc1. The van der Waals surface area contributed by atoms with Gasteiger partial charge in [-0.1, -0.05) is 41.9 Å². The molecular weight excluding hydrogens is 278 g/mol. The lowest BCUT2D eigenvalue weighted by Crippen LogP contribution is -2.24. The molecule has 1 aromatic carbocycles. The average Bonchev–Trinajstić information content (AvgIpc) is 2.47. The largest absolute Gasteiger partial charge is 0.451 e. The van der Waals surface area contributed by atoms with E-state index in [2.05, 4.69) is 4.98 Å². The number of hydrogen-bond acceptors (Lipinski definition) is 4. The zero-order valence-corrected chi connectivity index (χ0v) is 11.5. The van der Waals surface area contributed by atoms with Crippen LogP contribution in [-0.4, -0.2) is 22.8 Å². The number of ketones is 1. The van der Waals surface area contributed by atoms with Gasteiger partial charge in [-0.25, -0.2) is 9.78 Å². The smallest absolute Gasteiger partial charge is 0.341 e. The highest BCUT2D eigenvalue weighted by Crippen LogP contribution is 2.15. The Kier molecular flexibility index (Phi) is 4.48. The molecule has 1 heterocycles. The van der Waals surface area contributed by atoms with Gasteiger partial charge in [-0.05, 0) is 19.1 Å². The topological polar surface area (TPSA) is 56.3 Å². The number of carbonyl (C=O) groups is 2. The molecule has 1 aromatic heterocycles. The first kappa shape index (κ1) is 14.2. The quantitative estimate of drug-likeness (QED) is 0.493. The molecule has 0 amide bonds. The van der Waals surface area contributed by atoms with Crippen molar-refractivity contribution in [1.29, 1.82) is 0 Å². The predicted octanol–water partition coefficient (Wildman–Crippen LogP) is 3.16. The van der Waals surface area contributed by atoms with Crippen LogP contribution in [0.5, 0.6) is 0 Å². The van der Waals surface area contributed by atoms with Crippen molar-refractivity contribution in [2.75, 3.05) is 0 Å². The fraction of sp³-hybridized carbons (Fsp3) is 0.133. The lowest BCUT2D eigenvalue weighted by molar-refractivity contribution is 0.0318. The molecule has 0 aliphatic carbocycles. The third-order valence-electron chi connectivity index (χ3n) is 2.69. The van der Waals surface area contributed by atoms with E-state index < -0.39 is 12.1 Å². The second-order valence-corrected chi connectivity index (χ2v) is 4.48. The Hall–Kier alpha value is -2.20. The van der Waals surface area contributed by atoms with Crippen LogP contribution in [0.1, 0.15) is 27.6 Å². The fourth-order valence-electron chi connectivity index (χ4n) is 1.65. The monoisotopic (exact) mass is 289 g/mol. The molecule has 0 aliphatic rings. The van der Waals surface area contributed by atoms with E-state index in [1.165, 1.54) is 19.2 Å². The molecule has 1 atom stereocenters.